The van der Waals surface area contributed by atoms with E-state index >= 15 is 0 Å². The van der Waals surface area contributed by atoms with Gasteiger partial charge in [0.25, 0.3) is 0 Å². The van der Waals surface area contributed by atoms with Crippen LogP contribution in [0.4, 0.5) is 5.82 Å². The van der Waals surface area contributed by atoms with Crippen molar-refractivity contribution in [3.05, 3.63) is 36.2 Å². The third-order valence-corrected chi connectivity index (χ3v) is 7.41. The molecule has 1 aromatic carbocycles. The summed E-state index contributed by atoms with van der Waals surface area (Å²) >= 11 is 0. The maximum atomic E-state index is 12.8. The summed E-state index contributed by atoms with van der Waals surface area (Å²) in [5, 5.41) is 17.1. The summed E-state index contributed by atoms with van der Waals surface area (Å²) in [7, 11) is 3.76. The number of carbonyl (C=O) groups is 1. The zero-order chi connectivity index (χ0) is 23.5. The van der Waals surface area contributed by atoms with Crippen molar-refractivity contribution in [2.45, 2.75) is 57.6 Å². The SMILES string of the molecule is CO[C@H]1CC[C@H](C(=O)Nc2cc3cc(-c4cnn(C)c4CN4CCCCC4)ccc3nn2)CC1. The Labute approximate surface area is 200 Å². The third kappa shape index (κ3) is 4.98. The molecule has 8 heteroatoms. The van der Waals surface area contributed by atoms with Crippen molar-refractivity contribution in [1.82, 2.24) is 24.9 Å². The fourth-order valence-corrected chi connectivity index (χ4v) is 5.28. The summed E-state index contributed by atoms with van der Waals surface area (Å²) in [5.74, 6) is 0.529. The van der Waals surface area contributed by atoms with Crippen molar-refractivity contribution in [1.29, 1.82) is 0 Å². The standard InChI is InChI=1S/C26H34N6O2/c1-31-24(17-32-12-4-3-5-13-32)22(16-27-31)19-8-11-23-20(14-19)15-25(30-29-23)28-26(33)18-6-9-21(34-2)10-7-18/h8,11,14-16,18,21H,3-7,9-10,12-13,17H2,1-2H3,(H,28,30,33)/t18-,21-. The molecule has 1 saturated carbocycles. The third-order valence-electron chi connectivity index (χ3n) is 7.41. The highest BCUT2D eigenvalue weighted by Gasteiger charge is 2.26. The van der Waals surface area contributed by atoms with Crippen LogP contribution in [0.25, 0.3) is 22.0 Å². The number of ether oxygens (including phenoxy) is 1. The number of fused-ring (bicyclic) bond motifs is 1. The van der Waals surface area contributed by atoms with E-state index in [1.165, 1.54) is 25.0 Å². The number of aryl methyl sites for hydroxylation is 1. The van der Waals surface area contributed by atoms with E-state index in [1.807, 2.05) is 30.1 Å². The molecule has 0 spiro atoms. The van der Waals surface area contributed by atoms with Gasteiger partial charge < -0.3 is 10.1 Å². The zero-order valence-electron chi connectivity index (χ0n) is 20.2. The molecule has 0 bridgehead atoms. The van der Waals surface area contributed by atoms with E-state index in [1.54, 1.807) is 7.11 Å². The van der Waals surface area contributed by atoms with Gasteiger partial charge in [0.05, 0.1) is 23.5 Å². The number of methoxy groups -OCH3 is 1. The molecular weight excluding hydrogens is 428 g/mol. The molecule has 1 N–H and O–H groups in total. The highest BCUT2D eigenvalue weighted by molar-refractivity contribution is 5.94. The quantitative estimate of drug-likeness (QED) is 0.592. The Hall–Kier alpha value is -2.84. The van der Waals surface area contributed by atoms with Crippen LogP contribution in [0.5, 0.6) is 0 Å². The second kappa shape index (κ2) is 10.2. The fourth-order valence-electron chi connectivity index (χ4n) is 5.28. The Kier molecular flexibility index (Phi) is 6.87. The second-order valence-electron chi connectivity index (χ2n) is 9.67. The lowest BCUT2D eigenvalue weighted by Crippen LogP contribution is -2.30. The number of anilines is 1. The van der Waals surface area contributed by atoms with Gasteiger partial charge in [-0.1, -0.05) is 12.5 Å². The predicted octanol–water partition coefficient (Wildman–Crippen LogP) is 4.16. The van der Waals surface area contributed by atoms with E-state index < -0.39 is 0 Å². The molecule has 34 heavy (non-hydrogen) atoms. The summed E-state index contributed by atoms with van der Waals surface area (Å²) in [4.78, 5) is 15.3. The average molecular weight is 463 g/mol. The van der Waals surface area contributed by atoms with Crippen molar-refractivity contribution >= 4 is 22.6 Å². The predicted molar refractivity (Wildman–Crippen MR) is 132 cm³/mol. The van der Waals surface area contributed by atoms with Crippen molar-refractivity contribution in [2.75, 3.05) is 25.5 Å². The van der Waals surface area contributed by atoms with Crippen LogP contribution in [-0.4, -0.2) is 57.1 Å². The van der Waals surface area contributed by atoms with Crippen molar-refractivity contribution < 1.29 is 9.53 Å². The Bertz CT molecular complexity index is 1150. The van der Waals surface area contributed by atoms with Crippen LogP contribution in [0.2, 0.25) is 0 Å². The molecule has 0 unspecified atom stereocenters. The molecule has 2 fully saturated rings. The van der Waals surface area contributed by atoms with Crippen LogP contribution < -0.4 is 5.32 Å². The van der Waals surface area contributed by atoms with E-state index in [0.29, 0.717) is 5.82 Å². The topological polar surface area (TPSA) is 85.2 Å². The number of nitrogens with zero attached hydrogens (tertiary/aromatic N) is 5. The summed E-state index contributed by atoms with van der Waals surface area (Å²) in [6, 6.07) is 8.12. The molecule has 1 saturated heterocycles. The molecular formula is C26H34N6O2. The van der Waals surface area contributed by atoms with Gasteiger partial charge in [-0.3, -0.25) is 14.4 Å². The molecule has 0 atom stereocenters. The number of amides is 1. The summed E-state index contributed by atoms with van der Waals surface area (Å²) in [6.45, 7) is 3.20. The number of likely N-dealkylation sites (tertiary alicyclic amines) is 1. The maximum absolute atomic E-state index is 12.8. The minimum atomic E-state index is 0.00275. The van der Waals surface area contributed by atoms with Gasteiger partial charge in [0.1, 0.15) is 0 Å². The Morgan fingerprint density at radius 3 is 2.65 bits per heavy atom. The minimum absolute atomic E-state index is 0.00275. The van der Waals surface area contributed by atoms with Gasteiger partial charge in [-0.05, 0) is 75.4 Å². The van der Waals surface area contributed by atoms with Crippen LogP contribution >= 0.6 is 0 Å². The van der Waals surface area contributed by atoms with Crippen LogP contribution in [0.1, 0.15) is 50.6 Å². The average Bonchev–Trinajstić information content (AvgIpc) is 3.24. The van der Waals surface area contributed by atoms with Crippen LogP contribution in [-0.2, 0) is 23.1 Å². The zero-order valence-corrected chi connectivity index (χ0v) is 20.2. The lowest BCUT2D eigenvalue weighted by atomic mass is 9.87. The molecule has 2 aliphatic rings. The summed E-state index contributed by atoms with van der Waals surface area (Å²) in [6.07, 6.45) is 9.62. The minimum Gasteiger partial charge on any atom is -0.381 e. The number of nitrogens with one attached hydrogen (secondary N) is 1. The van der Waals surface area contributed by atoms with E-state index in [4.69, 9.17) is 4.74 Å². The van der Waals surface area contributed by atoms with Crippen molar-refractivity contribution in [3.8, 4) is 11.1 Å². The Morgan fingerprint density at radius 2 is 1.88 bits per heavy atom. The molecule has 180 valence electrons. The first-order chi connectivity index (χ1) is 16.6. The van der Waals surface area contributed by atoms with Gasteiger partial charge in [-0.25, -0.2) is 0 Å². The number of hydrogen-bond donors (Lipinski definition) is 1. The molecule has 5 rings (SSSR count). The number of carbonyl (C=O) groups excluding carboxylic acids is 1. The molecule has 1 aliphatic heterocycles. The number of piperidine rings is 1. The largest absolute Gasteiger partial charge is 0.381 e. The monoisotopic (exact) mass is 462 g/mol. The summed E-state index contributed by atoms with van der Waals surface area (Å²) in [5.41, 5.74) is 4.29. The number of aromatic nitrogens is 4. The second-order valence-corrected chi connectivity index (χ2v) is 9.67. The Balaban J connectivity index is 1.34. The normalized spacial score (nSPS) is 21.6. The number of hydrogen-bond acceptors (Lipinski definition) is 6. The first kappa shape index (κ1) is 22.9. The van der Waals surface area contributed by atoms with E-state index in [9.17, 15) is 4.79 Å². The summed E-state index contributed by atoms with van der Waals surface area (Å²) < 4.78 is 7.41. The van der Waals surface area contributed by atoms with Crippen LogP contribution in [0.3, 0.4) is 0 Å². The van der Waals surface area contributed by atoms with E-state index in [0.717, 1.165) is 67.3 Å². The smallest absolute Gasteiger partial charge is 0.228 e. The Morgan fingerprint density at radius 1 is 1.09 bits per heavy atom. The van der Waals surface area contributed by atoms with Crippen molar-refractivity contribution in [2.24, 2.45) is 13.0 Å². The van der Waals surface area contributed by atoms with Gasteiger partial charge in [0, 0.05) is 37.6 Å². The van der Waals surface area contributed by atoms with E-state index in [-0.39, 0.29) is 17.9 Å². The number of rotatable bonds is 6. The van der Waals surface area contributed by atoms with Gasteiger partial charge in [-0.2, -0.15) is 5.10 Å². The molecule has 2 aromatic heterocycles. The van der Waals surface area contributed by atoms with E-state index in [2.05, 4.69) is 37.6 Å². The molecule has 8 nitrogen and oxygen atoms in total. The molecule has 3 aromatic rings. The number of benzene rings is 1. The highest BCUT2D eigenvalue weighted by Crippen LogP contribution is 2.30. The first-order valence-corrected chi connectivity index (χ1v) is 12.5. The molecule has 1 aliphatic carbocycles. The van der Waals surface area contributed by atoms with Crippen LogP contribution in [0, 0.1) is 5.92 Å². The molecule has 0 radical (unpaired) electrons. The van der Waals surface area contributed by atoms with Crippen LogP contribution in [0.15, 0.2) is 30.5 Å². The fraction of sp³-hybridized carbons (Fsp3) is 0.538. The maximum Gasteiger partial charge on any atom is 0.228 e. The first-order valence-electron chi connectivity index (χ1n) is 12.5. The highest BCUT2D eigenvalue weighted by atomic mass is 16.5. The van der Waals surface area contributed by atoms with Crippen molar-refractivity contribution in [3.63, 3.8) is 0 Å². The van der Waals surface area contributed by atoms with Gasteiger partial charge >= 0.3 is 0 Å². The van der Waals surface area contributed by atoms with Gasteiger partial charge in [0.15, 0.2) is 5.82 Å². The van der Waals surface area contributed by atoms with Gasteiger partial charge in [-0.15, -0.1) is 10.2 Å². The molecule has 1 amide bonds. The van der Waals surface area contributed by atoms with Gasteiger partial charge in [0.2, 0.25) is 5.91 Å². The lowest BCUT2D eigenvalue weighted by molar-refractivity contribution is -0.121. The lowest BCUT2D eigenvalue weighted by Gasteiger charge is -2.26. The molecule has 3 heterocycles.